The fraction of sp³-hybridized carbons (Fsp3) is 0.417. The van der Waals surface area contributed by atoms with Gasteiger partial charge in [-0.3, -0.25) is 9.69 Å². The van der Waals surface area contributed by atoms with Gasteiger partial charge in [0.25, 0.3) is 11.6 Å². The fourth-order valence-corrected chi connectivity index (χ4v) is 4.38. The normalized spacial score (nSPS) is 16.1. The van der Waals surface area contributed by atoms with E-state index in [0.29, 0.717) is 37.3 Å². The molecule has 1 atom stereocenters. The molecule has 4 rings (SSSR count). The first-order valence-electron chi connectivity index (χ1n) is 11.0. The standard InChI is InChI=1S/C24H24F3N5O2/c1-14(2)20(13-28)31-8-10-32(11-9-31)23(33)17-12-19(29-22-21(17)15(3)30-34-22)16-6-4-5-7-18(16)24(25,26)27/h4-7,12,14,20H,8-11H2,1-3H3. The van der Waals surface area contributed by atoms with Gasteiger partial charge in [-0.05, 0) is 25.0 Å². The van der Waals surface area contributed by atoms with Crippen molar-refractivity contribution in [2.45, 2.75) is 33.0 Å². The van der Waals surface area contributed by atoms with Crippen LogP contribution >= 0.6 is 0 Å². The summed E-state index contributed by atoms with van der Waals surface area (Å²) in [6.45, 7) is 7.47. The van der Waals surface area contributed by atoms with Gasteiger partial charge in [0.1, 0.15) is 6.04 Å². The van der Waals surface area contributed by atoms with Gasteiger partial charge in [-0.25, -0.2) is 4.98 Å². The van der Waals surface area contributed by atoms with Crippen molar-refractivity contribution in [1.29, 1.82) is 5.26 Å². The zero-order valence-electron chi connectivity index (χ0n) is 19.1. The van der Waals surface area contributed by atoms with Crippen LogP contribution in [0.4, 0.5) is 13.2 Å². The molecule has 7 nitrogen and oxygen atoms in total. The topological polar surface area (TPSA) is 86.3 Å². The summed E-state index contributed by atoms with van der Waals surface area (Å²) in [7, 11) is 0. The fourth-order valence-electron chi connectivity index (χ4n) is 4.38. The van der Waals surface area contributed by atoms with E-state index in [4.69, 9.17) is 4.52 Å². The molecule has 1 unspecified atom stereocenters. The van der Waals surface area contributed by atoms with Crippen LogP contribution in [0, 0.1) is 24.2 Å². The van der Waals surface area contributed by atoms with E-state index >= 15 is 0 Å². The van der Waals surface area contributed by atoms with Crippen molar-refractivity contribution in [1.82, 2.24) is 19.9 Å². The molecule has 0 radical (unpaired) electrons. The lowest BCUT2D eigenvalue weighted by atomic mass is 10.00. The Bertz CT molecular complexity index is 1250. The third kappa shape index (κ3) is 4.35. The number of pyridine rings is 1. The van der Waals surface area contributed by atoms with Crippen LogP contribution in [0.15, 0.2) is 34.9 Å². The van der Waals surface area contributed by atoms with Gasteiger partial charge in [-0.15, -0.1) is 0 Å². The third-order valence-electron chi connectivity index (χ3n) is 6.11. The number of carbonyl (C=O) groups is 1. The van der Waals surface area contributed by atoms with E-state index in [2.05, 4.69) is 16.2 Å². The number of benzene rings is 1. The molecule has 0 N–H and O–H groups in total. The Balaban J connectivity index is 1.71. The number of aromatic nitrogens is 2. The van der Waals surface area contributed by atoms with E-state index in [1.165, 1.54) is 24.3 Å². The quantitative estimate of drug-likeness (QED) is 0.556. The number of hydrogen-bond acceptors (Lipinski definition) is 6. The Labute approximate surface area is 194 Å². The highest BCUT2D eigenvalue weighted by Gasteiger charge is 2.35. The lowest BCUT2D eigenvalue weighted by Gasteiger charge is -2.38. The summed E-state index contributed by atoms with van der Waals surface area (Å²) in [5.74, 6) is -0.176. The highest BCUT2D eigenvalue weighted by Crippen LogP contribution is 2.37. The van der Waals surface area contributed by atoms with E-state index in [1.807, 2.05) is 18.7 Å². The molecule has 178 valence electrons. The monoisotopic (exact) mass is 471 g/mol. The molecule has 1 aromatic carbocycles. The predicted molar refractivity (Wildman–Crippen MR) is 119 cm³/mol. The molecule has 10 heteroatoms. The molecule has 1 amide bonds. The van der Waals surface area contributed by atoms with Crippen LogP contribution in [-0.2, 0) is 6.18 Å². The number of piperazine rings is 1. The van der Waals surface area contributed by atoms with Crippen LogP contribution in [0.2, 0.25) is 0 Å². The highest BCUT2D eigenvalue weighted by atomic mass is 19.4. The van der Waals surface area contributed by atoms with Gasteiger partial charge in [0, 0.05) is 31.7 Å². The van der Waals surface area contributed by atoms with Crippen LogP contribution in [0.1, 0.15) is 35.5 Å². The first-order valence-corrected chi connectivity index (χ1v) is 11.0. The number of halogens is 3. The molecule has 2 aromatic heterocycles. The maximum atomic E-state index is 13.6. The van der Waals surface area contributed by atoms with E-state index in [1.54, 1.807) is 11.8 Å². The van der Waals surface area contributed by atoms with Crippen LogP contribution in [-0.4, -0.2) is 58.1 Å². The van der Waals surface area contributed by atoms with Crippen LogP contribution in [0.5, 0.6) is 0 Å². The Hall–Kier alpha value is -3.45. The summed E-state index contributed by atoms with van der Waals surface area (Å²) < 4.78 is 46.1. The Morgan fingerprint density at radius 2 is 1.85 bits per heavy atom. The number of fused-ring (bicyclic) bond motifs is 1. The first-order chi connectivity index (χ1) is 16.1. The van der Waals surface area contributed by atoms with Crippen molar-refractivity contribution in [2.24, 2.45) is 5.92 Å². The molecular weight excluding hydrogens is 447 g/mol. The van der Waals surface area contributed by atoms with Crippen molar-refractivity contribution in [3.63, 3.8) is 0 Å². The molecule has 0 bridgehead atoms. The summed E-state index contributed by atoms with van der Waals surface area (Å²) in [5.41, 5.74) is -0.351. The average Bonchev–Trinajstić information content (AvgIpc) is 3.19. The minimum atomic E-state index is -4.58. The number of amides is 1. The average molecular weight is 471 g/mol. The maximum Gasteiger partial charge on any atom is 0.417 e. The summed E-state index contributed by atoms with van der Waals surface area (Å²) >= 11 is 0. The minimum absolute atomic E-state index is 0.0112. The smallest absolute Gasteiger partial charge is 0.336 e. The zero-order chi connectivity index (χ0) is 24.6. The van der Waals surface area contributed by atoms with Gasteiger partial charge in [0.15, 0.2) is 0 Å². The number of aryl methyl sites for hydroxylation is 1. The molecule has 3 heterocycles. The summed E-state index contributed by atoms with van der Waals surface area (Å²) in [4.78, 5) is 21.5. The Kier molecular flexibility index (Phi) is 6.32. The van der Waals surface area contributed by atoms with E-state index in [0.717, 1.165) is 6.07 Å². The molecule has 0 saturated carbocycles. The molecule has 0 spiro atoms. The highest BCUT2D eigenvalue weighted by molar-refractivity contribution is 6.07. The minimum Gasteiger partial charge on any atom is -0.336 e. The number of alkyl halides is 3. The van der Waals surface area contributed by atoms with Gasteiger partial charge < -0.3 is 9.42 Å². The van der Waals surface area contributed by atoms with E-state index in [9.17, 15) is 23.2 Å². The van der Waals surface area contributed by atoms with Crippen molar-refractivity contribution in [3.8, 4) is 17.3 Å². The largest absolute Gasteiger partial charge is 0.417 e. The third-order valence-corrected chi connectivity index (χ3v) is 6.11. The van der Waals surface area contributed by atoms with Gasteiger partial charge in [-0.2, -0.15) is 18.4 Å². The second kappa shape index (κ2) is 9.06. The van der Waals surface area contributed by atoms with Crippen molar-refractivity contribution < 1.29 is 22.5 Å². The van der Waals surface area contributed by atoms with E-state index in [-0.39, 0.29) is 40.4 Å². The van der Waals surface area contributed by atoms with Crippen molar-refractivity contribution in [2.75, 3.05) is 26.2 Å². The molecule has 1 aliphatic rings. The zero-order valence-corrected chi connectivity index (χ0v) is 19.1. The maximum absolute atomic E-state index is 13.6. The van der Waals surface area contributed by atoms with Gasteiger partial charge in [0.05, 0.1) is 34.0 Å². The number of hydrogen-bond donors (Lipinski definition) is 0. The second-order valence-corrected chi connectivity index (χ2v) is 8.69. The molecule has 0 aliphatic carbocycles. The second-order valence-electron chi connectivity index (χ2n) is 8.69. The number of rotatable bonds is 4. The molecule has 1 aliphatic heterocycles. The van der Waals surface area contributed by atoms with Crippen LogP contribution < -0.4 is 0 Å². The lowest BCUT2D eigenvalue weighted by molar-refractivity contribution is -0.137. The lowest BCUT2D eigenvalue weighted by Crippen LogP contribution is -2.52. The van der Waals surface area contributed by atoms with Gasteiger partial charge >= 0.3 is 6.18 Å². The summed E-state index contributed by atoms with van der Waals surface area (Å²) in [5, 5.41) is 13.7. The van der Waals surface area contributed by atoms with Crippen LogP contribution in [0.25, 0.3) is 22.4 Å². The predicted octanol–water partition coefficient (Wildman–Crippen LogP) is 4.52. The molecule has 1 saturated heterocycles. The molecule has 3 aromatic rings. The first kappa shape index (κ1) is 23.7. The molecular formula is C24H24F3N5O2. The SMILES string of the molecule is Cc1noc2nc(-c3ccccc3C(F)(F)F)cc(C(=O)N3CCN(C(C#N)C(C)C)CC3)c12. The van der Waals surface area contributed by atoms with Crippen LogP contribution in [0.3, 0.4) is 0 Å². The van der Waals surface area contributed by atoms with Crippen molar-refractivity contribution >= 4 is 17.0 Å². The van der Waals surface area contributed by atoms with Gasteiger partial charge in [-0.1, -0.05) is 37.2 Å². The Morgan fingerprint density at radius 1 is 1.18 bits per heavy atom. The Morgan fingerprint density at radius 3 is 2.47 bits per heavy atom. The molecule has 34 heavy (non-hydrogen) atoms. The van der Waals surface area contributed by atoms with Crippen molar-refractivity contribution in [3.05, 3.63) is 47.2 Å². The molecule has 1 fully saturated rings. The number of carbonyl (C=O) groups excluding carboxylic acids is 1. The summed E-state index contributed by atoms with van der Waals surface area (Å²) in [6.07, 6.45) is -4.58. The summed E-state index contributed by atoms with van der Waals surface area (Å²) in [6, 6.07) is 8.56. The number of nitriles is 1. The van der Waals surface area contributed by atoms with Gasteiger partial charge in [0.2, 0.25) is 0 Å². The number of nitrogens with zero attached hydrogens (tertiary/aromatic N) is 5. The van der Waals surface area contributed by atoms with E-state index < -0.39 is 11.7 Å².